The first-order valence-electron chi connectivity index (χ1n) is 6.19. The Kier molecular flexibility index (Phi) is 4.93. The van der Waals surface area contributed by atoms with Crippen molar-refractivity contribution in [2.45, 2.75) is 0 Å². The van der Waals surface area contributed by atoms with Crippen molar-refractivity contribution in [2.24, 2.45) is 0 Å². The molecule has 0 aliphatic heterocycles. The fourth-order valence-corrected chi connectivity index (χ4v) is 1.83. The molecule has 96 valence electrons. The van der Waals surface area contributed by atoms with Crippen molar-refractivity contribution in [1.82, 2.24) is 10.3 Å². The lowest BCUT2D eigenvalue weighted by atomic mass is 10.1. The summed E-state index contributed by atoms with van der Waals surface area (Å²) in [6.45, 7) is 3.37. The van der Waals surface area contributed by atoms with Crippen molar-refractivity contribution < 1.29 is 4.74 Å². The average molecular weight is 245 g/mol. The van der Waals surface area contributed by atoms with E-state index in [4.69, 9.17) is 4.74 Å². The van der Waals surface area contributed by atoms with Crippen LogP contribution in [0, 0.1) is 0 Å². The Hall–Kier alpha value is -1.65. The number of nitrogens with one attached hydrogen (secondary N) is 2. The maximum absolute atomic E-state index is 4.97. The summed E-state index contributed by atoms with van der Waals surface area (Å²) in [5.41, 5.74) is 0. The van der Waals surface area contributed by atoms with Crippen LogP contribution in [0.3, 0.4) is 0 Å². The van der Waals surface area contributed by atoms with E-state index in [1.54, 1.807) is 7.11 Å². The van der Waals surface area contributed by atoms with Crippen molar-refractivity contribution in [3.8, 4) is 0 Å². The molecule has 0 aliphatic rings. The van der Waals surface area contributed by atoms with Crippen molar-refractivity contribution in [3.63, 3.8) is 0 Å². The zero-order valence-corrected chi connectivity index (χ0v) is 10.6. The van der Waals surface area contributed by atoms with Gasteiger partial charge in [0.25, 0.3) is 0 Å². The van der Waals surface area contributed by atoms with Gasteiger partial charge < -0.3 is 15.4 Å². The summed E-state index contributed by atoms with van der Waals surface area (Å²) in [6, 6.07) is 10.3. The minimum Gasteiger partial charge on any atom is -0.383 e. The number of pyridine rings is 1. The minimum absolute atomic E-state index is 0.743. The maximum atomic E-state index is 4.97. The summed E-state index contributed by atoms with van der Waals surface area (Å²) >= 11 is 0. The number of fused-ring (bicyclic) bond motifs is 1. The highest BCUT2D eigenvalue weighted by molar-refractivity contribution is 5.91. The second kappa shape index (κ2) is 6.93. The summed E-state index contributed by atoms with van der Waals surface area (Å²) < 4.78 is 4.97. The number of ether oxygens (including phenoxy) is 1. The van der Waals surface area contributed by atoms with Crippen LogP contribution < -0.4 is 10.6 Å². The lowest BCUT2D eigenvalue weighted by Gasteiger charge is -2.09. The molecule has 0 atom stereocenters. The van der Waals surface area contributed by atoms with E-state index in [1.165, 1.54) is 5.39 Å². The molecule has 0 saturated heterocycles. The molecule has 0 amide bonds. The second-order valence-electron chi connectivity index (χ2n) is 4.05. The lowest BCUT2D eigenvalue weighted by molar-refractivity contribution is 0.200. The Morgan fingerprint density at radius 3 is 2.89 bits per heavy atom. The number of methoxy groups -OCH3 is 1. The van der Waals surface area contributed by atoms with Gasteiger partial charge in [-0.15, -0.1) is 0 Å². The van der Waals surface area contributed by atoms with Gasteiger partial charge in [0, 0.05) is 38.3 Å². The standard InChI is InChI=1S/C14H19N3O/c1-18-11-10-15-8-9-17-14-13-5-3-2-4-12(13)6-7-16-14/h2-7,15H,8-11H2,1H3,(H,16,17). The van der Waals surface area contributed by atoms with E-state index in [2.05, 4.69) is 27.8 Å². The van der Waals surface area contributed by atoms with Crippen LogP contribution >= 0.6 is 0 Å². The van der Waals surface area contributed by atoms with E-state index >= 15 is 0 Å². The summed E-state index contributed by atoms with van der Waals surface area (Å²) in [6.07, 6.45) is 1.84. The van der Waals surface area contributed by atoms with E-state index < -0.39 is 0 Å². The molecule has 0 bridgehead atoms. The zero-order chi connectivity index (χ0) is 12.6. The fourth-order valence-electron chi connectivity index (χ4n) is 1.83. The molecule has 1 aromatic carbocycles. The van der Waals surface area contributed by atoms with Gasteiger partial charge >= 0.3 is 0 Å². The normalized spacial score (nSPS) is 10.7. The van der Waals surface area contributed by atoms with Crippen LogP contribution in [-0.4, -0.2) is 38.3 Å². The monoisotopic (exact) mass is 245 g/mol. The van der Waals surface area contributed by atoms with Crippen LogP contribution in [0.1, 0.15) is 0 Å². The highest BCUT2D eigenvalue weighted by atomic mass is 16.5. The summed E-state index contributed by atoms with van der Waals surface area (Å²) in [5, 5.41) is 9.01. The molecule has 4 heteroatoms. The topological polar surface area (TPSA) is 46.2 Å². The van der Waals surface area contributed by atoms with E-state index in [0.29, 0.717) is 0 Å². The number of rotatable bonds is 7. The van der Waals surface area contributed by atoms with Gasteiger partial charge in [-0.3, -0.25) is 0 Å². The zero-order valence-electron chi connectivity index (χ0n) is 10.6. The highest BCUT2D eigenvalue weighted by Gasteiger charge is 1.99. The van der Waals surface area contributed by atoms with Gasteiger partial charge in [0.15, 0.2) is 0 Å². The Morgan fingerprint density at radius 2 is 2.00 bits per heavy atom. The van der Waals surface area contributed by atoms with Gasteiger partial charge in [0.05, 0.1) is 6.61 Å². The molecule has 2 rings (SSSR count). The predicted octanol–water partition coefficient (Wildman–Crippen LogP) is 1.88. The minimum atomic E-state index is 0.743. The van der Waals surface area contributed by atoms with Gasteiger partial charge in [-0.25, -0.2) is 4.98 Å². The van der Waals surface area contributed by atoms with Gasteiger partial charge in [0.1, 0.15) is 5.82 Å². The SMILES string of the molecule is COCCNCCNc1nccc2ccccc12. The molecule has 18 heavy (non-hydrogen) atoms. The van der Waals surface area contributed by atoms with Crippen molar-refractivity contribution in [3.05, 3.63) is 36.5 Å². The molecule has 4 nitrogen and oxygen atoms in total. The first kappa shape index (κ1) is 12.8. The molecule has 0 unspecified atom stereocenters. The number of hydrogen-bond donors (Lipinski definition) is 2. The Balaban J connectivity index is 1.88. The van der Waals surface area contributed by atoms with E-state index in [9.17, 15) is 0 Å². The van der Waals surface area contributed by atoms with E-state index in [0.717, 1.165) is 37.4 Å². The smallest absolute Gasteiger partial charge is 0.133 e. The number of anilines is 1. The largest absolute Gasteiger partial charge is 0.383 e. The quantitative estimate of drug-likeness (QED) is 0.731. The fraction of sp³-hybridized carbons (Fsp3) is 0.357. The number of hydrogen-bond acceptors (Lipinski definition) is 4. The molecule has 0 aliphatic carbocycles. The molecule has 0 spiro atoms. The van der Waals surface area contributed by atoms with Gasteiger partial charge in [-0.1, -0.05) is 24.3 Å². The van der Waals surface area contributed by atoms with Crippen LogP contribution in [-0.2, 0) is 4.74 Å². The summed E-state index contributed by atoms with van der Waals surface area (Å²) in [4.78, 5) is 4.38. The maximum Gasteiger partial charge on any atom is 0.133 e. The molecule has 2 N–H and O–H groups in total. The van der Waals surface area contributed by atoms with Crippen LogP contribution in [0.5, 0.6) is 0 Å². The van der Waals surface area contributed by atoms with Crippen molar-refractivity contribution >= 4 is 16.6 Å². The van der Waals surface area contributed by atoms with Gasteiger partial charge in [-0.05, 0) is 11.5 Å². The summed E-state index contributed by atoms with van der Waals surface area (Å²) in [5.74, 6) is 0.946. The Morgan fingerprint density at radius 1 is 1.11 bits per heavy atom. The first-order valence-corrected chi connectivity index (χ1v) is 6.19. The Labute approximate surface area is 107 Å². The van der Waals surface area contributed by atoms with Crippen LogP contribution in [0.4, 0.5) is 5.82 Å². The third-order valence-corrected chi connectivity index (χ3v) is 2.75. The molecule has 0 radical (unpaired) electrons. The predicted molar refractivity (Wildman–Crippen MR) is 75.0 cm³/mol. The van der Waals surface area contributed by atoms with E-state index in [-0.39, 0.29) is 0 Å². The molecule has 2 aromatic rings. The molecular weight excluding hydrogens is 226 g/mol. The average Bonchev–Trinajstić information content (AvgIpc) is 2.43. The third kappa shape index (κ3) is 3.42. The Bertz CT molecular complexity index is 482. The number of aromatic nitrogens is 1. The molecular formula is C14H19N3O. The molecule has 0 saturated carbocycles. The third-order valence-electron chi connectivity index (χ3n) is 2.75. The summed E-state index contributed by atoms with van der Waals surface area (Å²) in [7, 11) is 1.71. The van der Waals surface area contributed by atoms with Crippen LogP contribution in [0.25, 0.3) is 10.8 Å². The molecule has 1 heterocycles. The number of nitrogens with zero attached hydrogens (tertiary/aromatic N) is 1. The van der Waals surface area contributed by atoms with E-state index in [1.807, 2.05) is 24.4 Å². The lowest BCUT2D eigenvalue weighted by Crippen LogP contribution is -2.25. The van der Waals surface area contributed by atoms with Crippen LogP contribution in [0.2, 0.25) is 0 Å². The van der Waals surface area contributed by atoms with Gasteiger partial charge in [0.2, 0.25) is 0 Å². The van der Waals surface area contributed by atoms with Crippen molar-refractivity contribution in [1.29, 1.82) is 0 Å². The molecule has 0 fully saturated rings. The van der Waals surface area contributed by atoms with Crippen LogP contribution in [0.15, 0.2) is 36.5 Å². The molecule has 1 aromatic heterocycles. The second-order valence-corrected chi connectivity index (χ2v) is 4.05. The van der Waals surface area contributed by atoms with Gasteiger partial charge in [-0.2, -0.15) is 0 Å². The highest BCUT2D eigenvalue weighted by Crippen LogP contribution is 2.19. The number of benzene rings is 1. The van der Waals surface area contributed by atoms with Crippen molar-refractivity contribution in [2.75, 3.05) is 38.7 Å². The first-order chi connectivity index (χ1) is 8.92.